The molecule has 0 aromatic carbocycles. The molecular formula is C16H19NO5. The lowest BCUT2D eigenvalue weighted by molar-refractivity contribution is -0.147. The van der Waals surface area contributed by atoms with E-state index in [1.165, 1.54) is 4.90 Å². The molecule has 6 nitrogen and oxygen atoms in total. The Morgan fingerprint density at radius 1 is 1.18 bits per heavy atom. The summed E-state index contributed by atoms with van der Waals surface area (Å²) in [5.41, 5.74) is 1.28. The molecule has 22 heavy (non-hydrogen) atoms. The molecule has 1 atom stereocenters. The average Bonchev–Trinajstić information content (AvgIpc) is 2.64. The molecule has 118 valence electrons. The minimum Gasteiger partial charge on any atom is -0.465 e. The number of nitrogens with zero attached hydrogens (tertiary/aromatic N) is 1. The highest BCUT2D eigenvalue weighted by atomic mass is 16.5. The van der Waals surface area contributed by atoms with Crippen molar-refractivity contribution in [3.63, 3.8) is 0 Å². The van der Waals surface area contributed by atoms with Crippen LogP contribution in [-0.4, -0.2) is 47.9 Å². The second kappa shape index (κ2) is 7.09. The minimum absolute atomic E-state index is 0.136. The van der Waals surface area contributed by atoms with Crippen LogP contribution in [0.3, 0.4) is 0 Å². The van der Waals surface area contributed by atoms with E-state index in [0.29, 0.717) is 11.3 Å². The first kappa shape index (κ1) is 16.0. The van der Waals surface area contributed by atoms with Gasteiger partial charge in [-0.1, -0.05) is 24.3 Å². The van der Waals surface area contributed by atoms with Gasteiger partial charge in [0.2, 0.25) is 0 Å². The van der Waals surface area contributed by atoms with Gasteiger partial charge >= 0.3 is 11.9 Å². The van der Waals surface area contributed by atoms with Gasteiger partial charge in [-0.2, -0.15) is 0 Å². The summed E-state index contributed by atoms with van der Waals surface area (Å²) in [6.45, 7) is 3.73. The zero-order valence-electron chi connectivity index (χ0n) is 12.6. The lowest BCUT2D eigenvalue weighted by atomic mass is 10.1. The van der Waals surface area contributed by atoms with Gasteiger partial charge < -0.3 is 19.5 Å². The molecule has 0 bridgehead atoms. The van der Waals surface area contributed by atoms with Crippen LogP contribution in [0, 0.1) is 0 Å². The Bertz CT molecular complexity index is 585. The Morgan fingerprint density at radius 2 is 1.91 bits per heavy atom. The van der Waals surface area contributed by atoms with Crippen LogP contribution < -0.4 is 0 Å². The van der Waals surface area contributed by atoms with Crippen LogP contribution in [0.2, 0.25) is 0 Å². The van der Waals surface area contributed by atoms with Crippen LogP contribution >= 0.6 is 0 Å². The van der Waals surface area contributed by atoms with Crippen molar-refractivity contribution in [2.75, 3.05) is 19.8 Å². The predicted octanol–water partition coefficient (Wildman–Crippen LogP) is 1.05. The van der Waals surface area contributed by atoms with Crippen molar-refractivity contribution in [3.8, 4) is 0 Å². The second-order valence-electron chi connectivity index (χ2n) is 4.65. The zero-order valence-corrected chi connectivity index (χ0v) is 12.6. The van der Waals surface area contributed by atoms with E-state index >= 15 is 0 Å². The van der Waals surface area contributed by atoms with E-state index in [-0.39, 0.29) is 25.3 Å². The van der Waals surface area contributed by atoms with Crippen molar-refractivity contribution in [3.05, 3.63) is 47.2 Å². The maximum Gasteiger partial charge on any atom is 0.339 e. The highest BCUT2D eigenvalue weighted by molar-refractivity contribution is 5.93. The fraction of sp³-hybridized carbons (Fsp3) is 0.375. The number of aliphatic hydroxyl groups is 1. The van der Waals surface area contributed by atoms with Crippen LogP contribution in [0.1, 0.15) is 13.8 Å². The fourth-order valence-corrected chi connectivity index (χ4v) is 2.38. The molecule has 1 aliphatic heterocycles. The van der Waals surface area contributed by atoms with E-state index in [2.05, 4.69) is 0 Å². The summed E-state index contributed by atoms with van der Waals surface area (Å²) in [4.78, 5) is 25.3. The van der Waals surface area contributed by atoms with Crippen molar-refractivity contribution in [2.24, 2.45) is 0 Å². The van der Waals surface area contributed by atoms with Crippen molar-refractivity contribution < 1.29 is 24.2 Å². The van der Waals surface area contributed by atoms with Crippen LogP contribution in [0.5, 0.6) is 0 Å². The first-order valence-electron chi connectivity index (χ1n) is 7.17. The average molecular weight is 305 g/mol. The summed E-state index contributed by atoms with van der Waals surface area (Å²) >= 11 is 0. The van der Waals surface area contributed by atoms with Crippen LogP contribution in [0.15, 0.2) is 47.2 Å². The summed E-state index contributed by atoms with van der Waals surface area (Å²) in [6, 6.07) is 0. The molecule has 0 saturated carbocycles. The number of hydrogen-bond donors (Lipinski definition) is 1. The molecule has 0 spiro atoms. The van der Waals surface area contributed by atoms with Gasteiger partial charge in [-0.15, -0.1) is 0 Å². The smallest absolute Gasteiger partial charge is 0.339 e. The van der Waals surface area contributed by atoms with Gasteiger partial charge in [0.15, 0.2) is 6.23 Å². The molecule has 0 aromatic rings. The molecule has 6 heteroatoms. The number of ether oxygens (including phenoxy) is 2. The third-order valence-electron chi connectivity index (χ3n) is 3.27. The van der Waals surface area contributed by atoms with E-state index in [1.807, 2.05) is 0 Å². The molecule has 0 radical (unpaired) electrons. The van der Waals surface area contributed by atoms with Gasteiger partial charge in [0, 0.05) is 11.3 Å². The third-order valence-corrected chi connectivity index (χ3v) is 3.27. The molecule has 0 amide bonds. The van der Waals surface area contributed by atoms with Gasteiger partial charge in [-0.3, -0.25) is 4.79 Å². The van der Waals surface area contributed by atoms with Crippen molar-refractivity contribution in [1.29, 1.82) is 0 Å². The summed E-state index contributed by atoms with van der Waals surface area (Å²) in [6.07, 6.45) is 7.56. The Labute approximate surface area is 129 Å². The Balaban J connectivity index is 2.35. The number of esters is 2. The Hall–Kier alpha value is -2.34. The molecule has 1 aliphatic carbocycles. The second-order valence-corrected chi connectivity index (χ2v) is 4.65. The van der Waals surface area contributed by atoms with Gasteiger partial charge in [0.1, 0.15) is 6.54 Å². The number of aliphatic hydroxyl groups excluding tert-OH is 1. The van der Waals surface area contributed by atoms with Crippen LogP contribution in [0.25, 0.3) is 0 Å². The predicted molar refractivity (Wildman–Crippen MR) is 79.4 cm³/mol. The zero-order chi connectivity index (χ0) is 16.1. The van der Waals surface area contributed by atoms with E-state index in [1.54, 1.807) is 44.2 Å². The monoisotopic (exact) mass is 305 g/mol. The van der Waals surface area contributed by atoms with Crippen LogP contribution in [-0.2, 0) is 19.1 Å². The maximum absolute atomic E-state index is 12.1. The molecule has 2 rings (SSSR count). The lowest BCUT2D eigenvalue weighted by Gasteiger charge is -2.24. The fourth-order valence-electron chi connectivity index (χ4n) is 2.38. The molecule has 2 aliphatic rings. The summed E-state index contributed by atoms with van der Waals surface area (Å²) in [5.74, 6) is -1.06. The number of rotatable bonds is 5. The molecule has 1 unspecified atom stereocenters. The SMILES string of the molecule is CCOC(=O)CN1C2=CC=CC=CC2=C(C(=O)OCC)C1O. The van der Waals surface area contributed by atoms with E-state index in [0.717, 1.165) is 0 Å². The molecular weight excluding hydrogens is 286 g/mol. The normalized spacial score (nSPS) is 19.7. The number of carbonyl (C=O) groups excluding carboxylic acids is 2. The standard InChI is InChI=1S/C16H19NO5/c1-3-21-13(18)10-17-12-9-7-5-6-8-11(12)14(15(17)19)16(20)22-4-2/h5-9,15,19H,3-4,10H2,1-2H3. The van der Waals surface area contributed by atoms with E-state index in [4.69, 9.17) is 9.47 Å². The summed E-state index contributed by atoms with van der Waals surface area (Å²) in [5, 5.41) is 10.4. The highest BCUT2D eigenvalue weighted by Gasteiger charge is 2.39. The Morgan fingerprint density at radius 3 is 2.59 bits per heavy atom. The van der Waals surface area contributed by atoms with Crippen LogP contribution in [0.4, 0.5) is 0 Å². The molecule has 0 fully saturated rings. The largest absolute Gasteiger partial charge is 0.465 e. The quantitative estimate of drug-likeness (QED) is 0.765. The van der Waals surface area contributed by atoms with E-state index in [9.17, 15) is 14.7 Å². The van der Waals surface area contributed by atoms with Gasteiger partial charge in [-0.25, -0.2) is 4.79 Å². The molecule has 1 N–H and O–H groups in total. The maximum atomic E-state index is 12.1. The first-order valence-corrected chi connectivity index (χ1v) is 7.17. The van der Waals surface area contributed by atoms with Gasteiger partial charge in [0.05, 0.1) is 18.8 Å². The van der Waals surface area contributed by atoms with E-state index < -0.39 is 18.2 Å². The van der Waals surface area contributed by atoms with Crippen molar-refractivity contribution in [1.82, 2.24) is 4.90 Å². The number of hydrogen-bond acceptors (Lipinski definition) is 6. The topological polar surface area (TPSA) is 76.1 Å². The van der Waals surface area contributed by atoms with Gasteiger partial charge in [0.25, 0.3) is 0 Å². The third kappa shape index (κ3) is 3.12. The number of allylic oxidation sites excluding steroid dienone is 5. The minimum atomic E-state index is -1.24. The first-order chi connectivity index (χ1) is 10.6. The van der Waals surface area contributed by atoms with Gasteiger partial charge in [-0.05, 0) is 19.9 Å². The number of carbonyl (C=O) groups is 2. The summed E-state index contributed by atoms with van der Waals surface area (Å²) < 4.78 is 9.92. The van der Waals surface area contributed by atoms with Crippen molar-refractivity contribution >= 4 is 11.9 Å². The highest BCUT2D eigenvalue weighted by Crippen LogP contribution is 2.35. The van der Waals surface area contributed by atoms with Crippen molar-refractivity contribution in [2.45, 2.75) is 20.1 Å². The molecule has 0 saturated heterocycles. The Kier molecular flexibility index (Phi) is 5.16. The molecule has 0 aromatic heterocycles. The number of fused-ring (bicyclic) bond motifs is 1. The molecule has 1 heterocycles. The lowest BCUT2D eigenvalue weighted by Crippen LogP contribution is -2.37. The summed E-state index contributed by atoms with van der Waals surface area (Å²) in [7, 11) is 0.